The Morgan fingerprint density at radius 3 is 1.43 bits per heavy atom. The number of rotatable bonds is 23. The predicted octanol–water partition coefficient (Wildman–Crippen LogP) is 20.9. The Morgan fingerprint density at radius 2 is 0.949 bits per heavy atom. The van der Waals surface area contributed by atoms with Gasteiger partial charge in [0.25, 0.3) is 0 Å². The number of Topliss-reactive ketones (excluding diaryl/α,β-unsaturated/α-hetero) is 2. The number of allylic oxidation sites excluding steroid dienone is 1. The summed E-state index contributed by atoms with van der Waals surface area (Å²) in [7, 11) is 1.78. The number of benzene rings is 6. The number of unbranched alkanes of at least 4 members (excludes halogenated alkanes) is 2. The number of aliphatic hydroxyl groups is 3. The minimum atomic E-state index is -1.20. The van der Waals surface area contributed by atoms with Gasteiger partial charge in [-0.15, -0.1) is 0 Å². The van der Waals surface area contributed by atoms with E-state index in [1.165, 1.54) is 119 Å². The monoisotopic (exact) mass is 1340 g/mol. The Labute approximate surface area is 598 Å². The van der Waals surface area contributed by atoms with Crippen molar-refractivity contribution in [3.05, 3.63) is 206 Å². The number of hydrogen-bond acceptors (Lipinski definition) is 7. The summed E-state index contributed by atoms with van der Waals surface area (Å²) in [6, 6.07) is 28.9. The molecule has 0 radical (unpaired) electrons. The van der Waals surface area contributed by atoms with E-state index in [2.05, 4.69) is 218 Å². The van der Waals surface area contributed by atoms with Gasteiger partial charge in [-0.3, -0.25) is 9.59 Å². The lowest BCUT2D eigenvalue weighted by molar-refractivity contribution is -0.128. The van der Waals surface area contributed by atoms with Crippen LogP contribution in [0.25, 0.3) is 0 Å². The third-order valence-electron chi connectivity index (χ3n) is 22.5. The van der Waals surface area contributed by atoms with Crippen LogP contribution in [0.2, 0.25) is 0 Å². The van der Waals surface area contributed by atoms with Crippen molar-refractivity contribution in [1.82, 2.24) is 0 Å². The number of aliphatic hydroxyl groups excluding tert-OH is 3. The molecule has 0 saturated carbocycles. The van der Waals surface area contributed by atoms with Gasteiger partial charge in [-0.05, 0) is 240 Å². The molecule has 0 heterocycles. The Balaban J connectivity index is 1.22. The van der Waals surface area contributed by atoms with Gasteiger partial charge in [-0.1, -0.05) is 236 Å². The SMILES string of the molecule is CCCCC/C1=C(\C(C)O)CCc2c(Cc3cc(C(C)(C)C)cc(Cc4cc(C(C)(C)C)cc(Cc5cc(C(C)(C)C)cc(Cc6cc(C(C)(C)C)cc7c6C7(CCC)CC(=O)C(C)O)c5OC)c4OCC(=O)C(C)O)c3C)cc(C(C)(C)C)cc2Cc2cc(C(C)(C)C)cc3c2C3C1. The van der Waals surface area contributed by atoms with Gasteiger partial charge in [0.05, 0.1) is 13.2 Å². The summed E-state index contributed by atoms with van der Waals surface area (Å²) in [6.45, 7) is 53.0. The zero-order chi connectivity index (χ0) is 73.2. The van der Waals surface area contributed by atoms with Crippen LogP contribution in [0.1, 0.15) is 345 Å². The molecule has 0 aromatic heterocycles. The molecule has 0 aliphatic heterocycles. The molecule has 0 bridgehead atoms. The zero-order valence-corrected chi connectivity index (χ0v) is 66.0. The number of methoxy groups -OCH3 is 1. The normalized spacial score (nSPS) is 18.2. The number of carbonyl (C=O) groups is 2. The Hall–Kier alpha value is -6.12. The fraction of sp³-hybridized carbons (Fsp3) is 0.565. The molecule has 5 unspecified atom stereocenters. The summed E-state index contributed by atoms with van der Waals surface area (Å²) < 4.78 is 13.7. The minimum Gasteiger partial charge on any atom is -0.496 e. The van der Waals surface area contributed by atoms with E-state index in [-0.39, 0.29) is 57.1 Å². The Morgan fingerprint density at radius 1 is 0.515 bits per heavy atom. The van der Waals surface area contributed by atoms with Gasteiger partial charge in [0.1, 0.15) is 30.3 Å². The molecular weight excluding hydrogens is 1220 g/mol. The third kappa shape index (κ3) is 17.2. The van der Waals surface area contributed by atoms with Crippen molar-refractivity contribution in [1.29, 1.82) is 0 Å². The van der Waals surface area contributed by atoms with Gasteiger partial charge < -0.3 is 24.8 Å². The van der Waals surface area contributed by atoms with Crippen molar-refractivity contribution in [2.24, 2.45) is 0 Å². The summed E-state index contributed by atoms with van der Waals surface area (Å²) in [4.78, 5) is 27.4. The van der Waals surface area contributed by atoms with Gasteiger partial charge in [-0.2, -0.15) is 0 Å². The van der Waals surface area contributed by atoms with E-state index in [1.807, 2.05) is 6.92 Å². The van der Waals surface area contributed by atoms with E-state index >= 15 is 0 Å². The van der Waals surface area contributed by atoms with Crippen molar-refractivity contribution >= 4 is 11.6 Å². The Kier molecular flexibility index (Phi) is 22.5. The number of carbonyl (C=O) groups excluding carboxylic acids is 2. The molecule has 6 aromatic rings. The summed E-state index contributed by atoms with van der Waals surface area (Å²) in [6.07, 6.45) is 9.58. The molecule has 7 heteroatoms. The molecule has 9 rings (SSSR count). The first-order valence-corrected chi connectivity index (χ1v) is 37.8. The largest absolute Gasteiger partial charge is 0.496 e. The highest BCUT2D eigenvalue weighted by atomic mass is 16.5. The average Bonchev–Trinajstić information content (AvgIpc) is 1.54. The second kappa shape index (κ2) is 29.0. The van der Waals surface area contributed by atoms with Crippen LogP contribution >= 0.6 is 0 Å². The van der Waals surface area contributed by atoms with Crippen molar-refractivity contribution in [3.63, 3.8) is 0 Å². The van der Waals surface area contributed by atoms with E-state index in [0.29, 0.717) is 30.9 Å². The van der Waals surface area contributed by atoms with Gasteiger partial charge in [-0.25, -0.2) is 0 Å². The van der Waals surface area contributed by atoms with E-state index in [9.17, 15) is 24.9 Å². The van der Waals surface area contributed by atoms with E-state index in [0.717, 1.165) is 97.8 Å². The van der Waals surface area contributed by atoms with Gasteiger partial charge in [0.2, 0.25) is 0 Å². The molecule has 0 saturated heterocycles. The third-order valence-corrected chi connectivity index (χ3v) is 22.5. The van der Waals surface area contributed by atoms with Gasteiger partial charge in [0, 0.05) is 37.0 Å². The summed E-state index contributed by atoms with van der Waals surface area (Å²) in [5.41, 5.74) is 28.8. The molecular formula is C92H126O7. The zero-order valence-electron chi connectivity index (χ0n) is 66.0. The molecule has 0 fully saturated rings. The van der Waals surface area contributed by atoms with Crippen LogP contribution in [0.15, 0.2) is 83.9 Å². The van der Waals surface area contributed by atoms with Crippen molar-refractivity contribution in [2.45, 2.75) is 325 Å². The number of fused-ring (bicyclic) bond motifs is 3. The highest BCUT2D eigenvalue weighted by molar-refractivity contribution is 5.87. The smallest absolute Gasteiger partial charge is 0.198 e. The lowest BCUT2D eigenvalue weighted by atomic mass is 9.77. The maximum absolute atomic E-state index is 13.8. The van der Waals surface area contributed by atoms with Gasteiger partial charge in [0.15, 0.2) is 11.6 Å². The van der Waals surface area contributed by atoms with Crippen molar-refractivity contribution < 1.29 is 34.4 Å². The maximum Gasteiger partial charge on any atom is 0.198 e. The van der Waals surface area contributed by atoms with Crippen LogP contribution in [0.3, 0.4) is 0 Å². The molecule has 7 nitrogen and oxygen atoms in total. The minimum absolute atomic E-state index is 0.00215. The molecule has 0 spiro atoms. The standard InChI is InChI=1S/C92H126O7/c1-26-28-29-30-58-49-77-78-50-73(90(19,20)21)43-63(82(77)78)36-62-42-70(87(10,11)12)41-61(76(62)32-31-75(58)55(4)93)34-59-39-69(86(7,8)9)40-60(54(59)3)35-67-47-72(89(16,17)18)48-68(85(67)99-53-81(97)57(6)95)38-66-46-71(88(13,14)15)45-65(84(66)98-25)37-64-44-74(91(22,23)24)51-79-83(64)92(79,33-27-2)52-80(96)56(5)94/h39-48,50-51,55-57,77,93-95H,26-38,49,52-53H2,1-25H3/b75-58+. The average molecular weight is 1340 g/mol. The lowest BCUT2D eigenvalue weighted by Crippen LogP contribution is -2.24. The van der Waals surface area contributed by atoms with E-state index < -0.39 is 23.7 Å². The number of hydrogen-bond donors (Lipinski definition) is 3. The van der Waals surface area contributed by atoms with Crippen molar-refractivity contribution in [2.75, 3.05) is 13.7 Å². The molecule has 5 atom stereocenters. The topological polar surface area (TPSA) is 113 Å². The first-order valence-electron chi connectivity index (χ1n) is 37.8. The molecule has 3 aliphatic rings. The molecule has 0 amide bonds. The summed E-state index contributed by atoms with van der Waals surface area (Å²) in [5.74, 6) is 1.31. The quantitative estimate of drug-likeness (QED) is 0.0433. The highest BCUT2D eigenvalue weighted by Crippen LogP contribution is 2.60. The molecule has 6 aromatic carbocycles. The Bertz CT molecular complexity index is 4040. The maximum atomic E-state index is 13.8. The number of ketones is 2. The first-order chi connectivity index (χ1) is 45.9. The molecule has 3 aliphatic carbocycles. The lowest BCUT2D eigenvalue weighted by Gasteiger charge is -2.28. The van der Waals surface area contributed by atoms with E-state index in [4.69, 9.17) is 9.47 Å². The molecule has 3 N–H and O–H groups in total. The fourth-order valence-electron chi connectivity index (χ4n) is 16.0. The summed E-state index contributed by atoms with van der Waals surface area (Å²) in [5, 5.41) is 33.3. The van der Waals surface area contributed by atoms with Crippen LogP contribution in [0.4, 0.5) is 0 Å². The van der Waals surface area contributed by atoms with Crippen LogP contribution < -0.4 is 9.47 Å². The predicted molar refractivity (Wildman–Crippen MR) is 413 cm³/mol. The van der Waals surface area contributed by atoms with E-state index in [1.54, 1.807) is 14.0 Å². The molecule has 99 heavy (non-hydrogen) atoms. The van der Waals surface area contributed by atoms with Crippen LogP contribution in [0, 0.1) is 6.92 Å². The number of ether oxygens (including phenoxy) is 2. The second-order valence-electron chi connectivity index (χ2n) is 36.8. The highest BCUT2D eigenvalue weighted by Gasteiger charge is 2.53. The fourth-order valence-corrected chi connectivity index (χ4v) is 16.0. The van der Waals surface area contributed by atoms with Crippen LogP contribution in [-0.4, -0.2) is 58.9 Å². The summed E-state index contributed by atoms with van der Waals surface area (Å²) >= 11 is 0. The van der Waals surface area contributed by atoms with Crippen LogP contribution in [0.5, 0.6) is 11.5 Å². The molecule has 536 valence electrons. The first kappa shape index (κ1) is 77.0. The second-order valence-corrected chi connectivity index (χ2v) is 36.8. The van der Waals surface area contributed by atoms with Crippen molar-refractivity contribution in [3.8, 4) is 11.5 Å². The van der Waals surface area contributed by atoms with Crippen LogP contribution in [-0.2, 0) is 86.0 Å². The van der Waals surface area contributed by atoms with Gasteiger partial charge >= 0.3 is 0 Å².